The van der Waals surface area contributed by atoms with E-state index in [1.54, 1.807) is 0 Å². The number of esters is 1. The Morgan fingerprint density at radius 2 is 2.13 bits per heavy atom. The van der Waals surface area contributed by atoms with Crippen LogP contribution in [0.15, 0.2) is 0 Å². The number of hydrogen-bond donors (Lipinski definition) is 2. The Morgan fingerprint density at radius 3 is 2.83 bits per heavy atom. The Hall–Kier alpha value is -1.67. The molecule has 2 heterocycles. The summed E-state index contributed by atoms with van der Waals surface area (Å²) >= 11 is 0. The topological polar surface area (TPSA) is 97.0 Å². The molecule has 0 aromatic heterocycles. The van der Waals surface area contributed by atoms with E-state index in [1.807, 2.05) is 0 Å². The molecular weight excluding hydrogens is 302 g/mol. The van der Waals surface area contributed by atoms with Crippen molar-refractivity contribution in [1.29, 1.82) is 0 Å². The van der Waals surface area contributed by atoms with Crippen molar-refractivity contribution in [2.45, 2.75) is 25.3 Å². The monoisotopic (exact) mass is 327 g/mol. The van der Waals surface area contributed by atoms with Gasteiger partial charge in [-0.25, -0.2) is 0 Å². The largest absolute Gasteiger partial charge is 0.463 e. The van der Waals surface area contributed by atoms with Gasteiger partial charge < -0.3 is 25.0 Å². The number of piperidine rings is 1. The highest BCUT2D eigenvalue weighted by molar-refractivity contribution is 5.92. The van der Waals surface area contributed by atoms with Crippen LogP contribution in [0.1, 0.15) is 19.3 Å². The molecule has 0 spiro atoms. The zero-order valence-corrected chi connectivity index (χ0v) is 13.5. The van der Waals surface area contributed by atoms with Gasteiger partial charge in [0.05, 0.1) is 18.9 Å². The van der Waals surface area contributed by atoms with Crippen LogP contribution in [-0.2, 0) is 23.9 Å². The summed E-state index contributed by atoms with van der Waals surface area (Å²) in [5.41, 5.74) is 0. The lowest BCUT2D eigenvalue weighted by Crippen LogP contribution is -2.59. The molecule has 2 saturated heterocycles. The van der Waals surface area contributed by atoms with E-state index in [-0.39, 0.29) is 30.8 Å². The molecule has 0 radical (unpaired) electrons. The number of carbonyl (C=O) groups is 3. The summed E-state index contributed by atoms with van der Waals surface area (Å²) in [5, 5.41) is 5.91. The van der Waals surface area contributed by atoms with Crippen LogP contribution in [0.3, 0.4) is 0 Å². The summed E-state index contributed by atoms with van der Waals surface area (Å²) in [6, 6.07) is -0.784. The molecule has 23 heavy (non-hydrogen) atoms. The summed E-state index contributed by atoms with van der Waals surface area (Å²) < 4.78 is 9.83. The van der Waals surface area contributed by atoms with Crippen molar-refractivity contribution in [3.05, 3.63) is 0 Å². The predicted molar refractivity (Wildman–Crippen MR) is 81.6 cm³/mol. The molecule has 2 rings (SSSR count). The average molecular weight is 327 g/mol. The predicted octanol–water partition coefficient (Wildman–Crippen LogP) is -1.11. The molecule has 8 heteroatoms. The van der Waals surface area contributed by atoms with Gasteiger partial charge in [0.25, 0.3) is 0 Å². The van der Waals surface area contributed by atoms with Gasteiger partial charge >= 0.3 is 5.97 Å². The van der Waals surface area contributed by atoms with Crippen LogP contribution in [0.2, 0.25) is 0 Å². The van der Waals surface area contributed by atoms with Gasteiger partial charge in [-0.2, -0.15) is 0 Å². The summed E-state index contributed by atoms with van der Waals surface area (Å²) in [5.74, 6) is -0.968. The SMILES string of the molecule is COCCOC(=O)CC1C(=O)NCCN1C(=O)C1CCCNC1. The molecule has 2 fully saturated rings. The van der Waals surface area contributed by atoms with Crippen LogP contribution < -0.4 is 10.6 Å². The molecule has 8 nitrogen and oxygen atoms in total. The molecule has 0 bridgehead atoms. The van der Waals surface area contributed by atoms with Gasteiger partial charge in [-0.3, -0.25) is 14.4 Å². The maximum absolute atomic E-state index is 12.7. The van der Waals surface area contributed by atoms with E-state index in [1.165, 1.54) is 12.0 Å². The lowest BCUT2D eigenvalue weighted by atomic mass is 9.96. The minimum atomic E-state index is -0.784. The van der Waals surface area contributed by atoms with Crippen molar-refractivity contribution < 1.29 is 23.9 Å². The average Bonchev–Trinajstić information content (AvgIpc) is 2.57. The van der Waals surface area contributed by atoms with Crippen molar-refractivity contribution >= 4 is 17.8 Å². The summed E-state index contributed by atoms with van der Waals surface area (Å²) in [6.07, 6.45) is 1.64. The summed E-state index contributed by atoms with van der Waals surface area (Å²) in [6.45, 7) is 2.83. The fourth-order valence-electron chi connectivity index (χ4n) is 2.93. The molecule has 130 valence electrons. The Bertz CT molecular complexity index is 437. The van der Waals surface area contributed by atoms with Crippen molar-refractivity contribution in [2.75, 3.05) is 46.5 Å². The van der Waals surface area contributed by atoms with Crippen LogP contribution in [0, 0.1) is 5.92 Å². The Morgan fingerprint density at radius 1 is 1.30 bits per heavy atom. The number of methoxy groups -OCH3 is 1. The standard InChI is InChI=1S/C15H25N3O5/c1-22-7-8-23-13(19)9-12-14(20)17-5-6-18(12)15(21)11-3-2-4-16-10-11/h11-12,16H,2-10H2,1H3,(H,17,20). The minimum Gasteiger partial charge on any atom is -0.463 e. The van der Waals surface area contributed by atoms with E-state index in [2.05, 4.69) is 10.6 Å². The molecule has 0 aromatic carbocycles. The highest BCUT2D eigenvalue weighted by Gasteiger charge is 2.37. The first-order chi connectivity index (χ1) is 11.1. The minimum absolute atomic E-state index is 0.0539. The molecule has 0 aromatic rings. The molecule has 2 atom stereocenters. The number of amides is 2. The molecule has 0 aliphatic carbocycles. The molecule has 0 saturated carbocycles. The van der Waals surface area contributed by atoms with Gasteiger partial charge in [-0.05, 0) is 19.4 Å². The van der Waals surface area contributed by atoms with Gasteiger partial charge in [0, 0.05) is 26.7 Å². The highest BCUT2D eigenvalue weighted by Crippen LogP contribution is 2.18. The van der Waals surface area contributed by atoms with Crippen LogP contribution in [0.25, 0.3) is 0 Å². The molecular formula is C15H25N3O5. The number of hydrogen-bond acceptors (Lipinski definition) is 6. The Kier molecular flexibility index (Phi) is 6.79. The van der Waals surface area contributed by atoms with E-state index in [0.717, 1.165) is 19.4 Å². The van der Waals surface area contributed by atoms with Crippen molar-refractivity contribution in [3.8, 4) is 0 Å². The first-order valence-corrected chi connectivity index (χ1v) is 8.07. The number of nitrogens with zero attached hydrogens (tertiary/aromatic N) is 1. The van der Waals surface area contributed by atoms with E-state index in [9.17, 15) is 14.4 Å². The molecule has 2 amide bonds. The Labute approximate surface area is 135 Å². The second-order valence-corrected chi connectivity index (χ2v) is 5.80. The van der Waals surface area contributed by atoms with Gasteiger partial charge in [0.15, 0.2) is 0 Å². The summed E-state index contributed by atoms with van der Waals surface area (Å²) in [4.78, 5) is 38.2. The molecule has 2 unspecified atom stereocenters. The zero-order valence-electron chi connectivity index (χ0n) is 13.5. The first kappa shape index (κ1) is 17.7. The second kappa shape index (κ2) is 8.83. The highest BCUT2D eigenvalue weighted by atomic mass is 16.6. The van der Waals surface area contributed by atoms with Crippen LogP contribution in [0.4, 0.5) is 0 Å². The number of ether oxygens (including phenoxy) is 2. The fraction of sp³-hybridized carbons (Fsp3) is 0.800. The third-order valence-corrected chi connectivity index (χ3v) is 4.17. The maximum atomic E-state index is 12.7. The van der Waals surface area contributed by atoms with E-state index < -0.39 is 12.0 Å². The normalized spacial score (nSPS) is 24.9. The maximum Gasteiger partial charge on any atom is 0.308 e. The second-order valence-electron chi connectivity index (χ2n) is 5.80. The van der Waals surface area contributed by atoms with Crippen LogP contribution in [-0.4, -0.2) is 75.2 Å². The summed E-state index contributed by atoms with van der Waals surface area (Å²) in [7, 11) is 1.51. The lowest BCUT2D eigenvalue weighted by Gasteiger charge is -2.37. The number of piperazine rings is 1. The van der Waals surface area contributed by atoms with Crippen molar-refractivity contribution in [3.63, 3.8) is 0 Å². The smallest absolute Gasteiger partial charge is 0.308 e. The quantitative estimate of drug-likeness (QED) is 0.474. The first-order valence-electron chi connectivity index (χ1n) is 8.07. The number of nitrogens with one attached hydrogen (secondary N) is 2. The molecule has 2 aliphatic heterocycles. The fourth-order valence-corrected chi connectivity index (χ4v) is 2.93. The van der Waals surface area contributed by atoms with Gasteiger partial charge in [0.2, 0.25) is 11.8 Å². The van der Waals surface area contributed by atoms with Gasteiger partial charge in [0.1, 0.15) is 12.6 Å². The molecule has 2 N–H and O–H groups in total. The van der Waals surface area contributed by atoms with Crippen molar-refractivity contribution in [1.82, 2.24) is 15.5 Å². The van der Waals surface area contributed by atoms with Crippen LogP contribution >= 0.6 is 0 Å². The lowest BCUT2D eigenvalue weighted by molar-refractivity contribution is -0.154. The third-order valence-electron chi connectivity index (χ3n) is 4.17. The third kappa shape index (κ3) is 4.90. The van der Waals surface area contributed by atoms with E-state index >= 15 is 0 Å². The molecule has 2 aliphatic rings. The van der Waals surface area contributed by atoms with Crippen molar-refractivity contribution in [2.24, 2.45) is 5.92 Å². The van der Waals surface area contributed by atoms with Gasteiger partial charge in [-0.15, -0.1) is 0 Å². The zero-order chi connectivity index (χ0) is 16.7. The Balaban J connectivity index is 1.96. The van der Waals surface area contributed by atoms with E-state index in [0.29, 0.717) is 26.2 Å². The van der Waals surface area contributed by atoms with Gasteiger partial charge in [-0.1, -0.05) is 0 Å². The van der Waals surface area contributed by atoms with E-state index in [4.69, 9.17) is 9.47 Å². The number of rotatable bonds is 6. The number of carbonyl (C=O) groups excluding carboxylic acids is 3. The van der Waals surface area contributed by atoms with Crippen LogP contribution in [0.5, 0.6) is 0 Å².